The van der Waals surface area contributed by atoms with Gasteiger partial charge in [0.15, 0.2) is 0 Å². The molecule has 96 valence electrons. The largest absolute Gasteiger partial charge is 0.383 e. The molecule has 0 radical (unpaired) electrons. The third-order valence-corrected chi connectivity index (χ3v) is 3.02. The highest BCUT2D eigenvalue weighted by molar-refractivity contribution is 5.91. The van der Waals surface area contributed by atoms with Gasteiger partial charge in [-0.1, -0.05) is 25.1 Å². The van der Waals surface area contributed by atoms with Gasteiger partial charge in [-0.05, 0) is 12.6 Å². The Bertz CT molecular complexity index is 589. The van der Waals surface area contributed by atoms with Crippen LogP contribution in [-0.4, -0.2) is 24.2 Å². The van der Waals surface area contributed by atoms with E-state index in [4.69, 9.17) is 0 Å². The topological polar surface area (TPSA) is 46.1 Å². The van der Waals surface area contributed by atoms with Crippen molar-refractivity contribution in [1.29, 1.82) is 0 Å². The van der Waals surface area contributed by atoms with E-state index in [0.29, 0.717) is 0 Å². The molecule has 0 amide bonds. The molecule has 0 atom stereocenters. The van der Waals surface area contributed by atoms with Gasteiger partial charge in [-0.25, -0.2) is 0 Å². The standard InChI is InChI=1S/C14H19N3O/c1-3-15-8-9-16-12-10-14(18)17(2)13-7-5-4-6-11(12)13/h4-7,10,15-16H,3,8-9H2,1-2H3. The van der Waals surface area contributed by atoms with Crippen molar-refractivity contribution in [3.8, 4) is 0 Å². The summed E-state index contributed by atoms with van der Waals surface area (Å²) in [4.78, 5) is 11.8. The predicted molar refractivity (Wildman–Crippen MR) is 76.2 cm³/mol. The van der Waals surface area contributed by atoms with Gasteiger partial charge in [0.2, 0.25) is 0 Å². The molecule has 0 aliphatic heterocycles. The first-order valence-electron chi connectivity index (χ1n) is 6.27. The number of aromatic nitrogens is 1. The third kappa shape index (κ3) is 2.54. The van der Waals surface area contributed by atoms with Crippen molar-refractivity contribution in [2.45, 2.75) is 6.92 Å². The van der Waals surface area contributed by atoms with E-state index in [-0.39, 0.29) is 5.56 Å². The van der Waals surface area contributed by atoms with Crippen LogP contribution < -0.4 is 16.2 Å². The Labute approximate surface area is 107 Å². The van der Waals surface area contributed by atoms with Crippen LogP contribution in [0, 0.1) is 0 Å². The zero-order valence-electron chi connectivity index (χ0n) is 10.9. The molecule has 1 heterocycles. The monoisotopic (exact) mass is 245 g/mol. The molecule has 0 aliphatic carbocycles. The average molecular weight is 245 g/mol. The first-order chi connectivity index (χ1) is 8.74. The van der Waals surface area contributed by atoms with Crippen LogP contribution in [0.4, 0.5) is 5.69 Å². The summed E-state index contributed by atoms with van der Waals surface area (Å²) in [6.45, 7) is 4.73. The Morgan fingerprint density at radius 2 is 2.00 bits per heavy atom. The van der Waals surface area contributed by atoms with Crippen molar-refractivity contribution < 1.29 is 0 Å². The zero-order valence-corrected chi connectivity index (χ0v) is 10.9. The molecule has 0 unspecified atom stereocenters. The fraction of sp³-hybridized carbons (Fsp3) is 0.357. The van der Waals surface area contributed by atoms with Crippen LogP contribution in [-0.2, 0) is 7.05 Å². The molecule has 0 saturated carbocycles. The maximum atomic E-state index is 11.8. The molecule has 4 heteroatoms. The number of likely N-dealkylation sites (N-methyl/N-ethyl adjacent to an activating group) is 1. The number of hydrogen-bond acceptors (Lipinski definition) is 3. The van der Waals surface area contributed by atoms with Gasteiger partial charge in [0.05, 0.1) is 5.52 Å². The number of fused-ring (bicyclic) bond motifs is 1. The smallest absolute Gasteiger partial charge is 0.252 e. The number of hydrogen-bond donors (Lipinski definition) is 2. The van der Waals surface area contributed by atoms with E-state index >= 15 is 0 Å². The molecule has 4 nitrogen and oxygen atoms in total. The molecular formula is C14H19N3O. The molecule has 0 spiro atoms. The molecular weight excluding hydrogens is 226 g/mol. The van der Waals surface area contributed by atoms with Gasteiger partial charge in [0, 0.05) is 37.3 Å². The number of pyridine rings is 1. The second-order valence-electron chi connectivity index (χ2n) is 4.25. The van der Waals surface area contributed by atoms with Crippen molar-refractivity contribution in [1.82, 2.24) is 9.88 Å². The van der Waals surface area contributed by atoms with Crippen molar-refractivity contribution in [3.05, 3.63) is 40.7 Å². The fourth-order valence-electron chi connectivity index (χ4n) is 2.02. The van der Waals surface area contributed by atoms with Gasteiger partial charge in [-0.3, -0.25) is 4.79 Å². The minimum atomic E-state index is 0.0136. The molecule has 2 N–H and O–H groups in total. The van der Waals surface area contributed by atoms with E-state index in [1.807, 2.05) is 24.3 Å². The number of anilines is 1. The lowest BCUT2D eigenvalue weighted by atomic mass is 10.2. The molecule has 0 saturated heterocycles. The first-order valence-corrected chi connectivity index (χ1v) is 6.27. The van der Waals surface area contributed by atoms with Crippen molar-refractivity contribution >= 4 is 16.6 Å². The maximum Gasteiger partial charge on any atom is 0.252 e. The van der Waals surface area contributed by atoms with Gasteiger partial charge >= 0.3 is 0 Å². The van der Waals surface area contributed by atoms with Gasteiger partial charge in [-0.2, -0.15) is 0 Å². The minimum Gasteiger partial charge on any atom is -0.383 e. The first kappa shape index (κ1) is 12.6. The molecule has 2 aromatic rings. The van der Waals surface area contributed by atoms with Crippen LogP contribution in [0.1, 0.15) is 6.92 Å². The number of para-hydroxylation sites is 1. The van der Waals surface area contributed by atoms with Crippen molar-refractivity contribution in [3.63, 3.8) is 0 Å². The Morgan fingerprint density at radius 1 is 1.22 bits per heavy atom. The van der Waals surface area contributed by atoms with Crippen LogP contribution >= 0.6 is 0 Å². The summed E-state index contributed by atoms with van der Waals surface area (Å²) < 4.78 is 1.67. The van der Waals surface area contributed by atoms with Gasteiger partial charge < -0.3 is 15.2 Å². The normalized spacial score (nSPS) is 10.8. The second-order valence-corrected chi connectivity index (χ2v) is 4.25. The van der Waals surface area contributed by atoms with Crippen LogP contribution in [0.25, 0.3) is 10.9 Å². The summed E-state index contributed by atoms with van der Waals surface area (Å²) in [6.07, 6.45) is 0. The summed E-state index contributed by atoms with van der Waals surface area (Å²) in [7, 11) is 1.80. The fourth-order valence-corrected chi connectivity index (χ4v) is 2.02. The van der Waals surface area contributed by atoms with E-state index in [1.165, 1.54) is 0 Å². The summed E-state index contributed by atoms with van der Waals surface area (Å²) in [5.41, 5.74) is 1.88. The quantitative estimate of drug-likeness (QED) is 0.786. The highest BCUT2D eigenvalue weighted by atomic mass is 16.1. The lowest BCUT2D eigenvalue weighted by molar-refractivity contribution is 0.739. The molecule has 1 aromatic heterocycles. The average Bonchev–Trinajstić information content (AvgIpc) is 2.40. The van der Waals surface area contributed by atoms with Crippen molar-refractivity contribution in [2.75, 3.05) is 25.0 Å². The Morgan fingerprint density at radius 3 is 2.78 bits per heavy atom. The molecule has 18 heavy (non-hydrogen) atoms. The summed E-state index contributed by atoms with van der Waals surface area (Å²) >= 11 is 0. The third-order valence-electron chi connectivity index (χ3n) is 3.02. The van der Waals surface area contributed by atoms with Crippen LogP contribution in [0.3, 0.4) is 0 Å². The van der Waals surface area contributed by atoms with E-state index in [9.17, 15) is 4.79 Å². The minimum absolute atomic E-state index is 0.0136. The molecule has 1 aromatic carbocycles. The summed E-state index contributed by atoms with van der Waals surface area (Å²) in [5.74, 6) is 0. The van der Waals surface area contributed by atoms with E-state index in [2.05, 4.69) is 17.6 Å². The zero-order chi connectivity index (χ0) is 13.0. The van der Waals surface area contributed by atoms with Gasteiger partial charge in [0.25, 0.3) is 5.56 Å². The SMILES string of the molecule is CCNCCNc1cc(=O)n(C)c2ccccc12. The maximum absolute atomic E-state index is 11.8. The molecule has 2 rings (SSSR count). The van der Waals surface area contributed by atoms with Gasteiger partial charge in [-0.15, -0.1) is 0 Å². The lowest BCUT2D eigenvalue weighted by Gasteiger charge is -2.12. The number of aryl methyl sites for hydroxylation is 1. The van der Waals surface area contributed by atoms with Gasteiger partial charge in [0.1, 0.15) is 0 Å². The molecule has 0 bridgehead atoms. The lowest BCUT2D eigenvalue weighted by Crippen LogP contribution is -2.23. The van der Waals surface area contributed by atoms with Crippen LogP contribution in [0.5, 0.6) is 0 Å². The summed E-state index contributed by atoms with van der Waals surface area (Å²) in [6, 6.07) is 9.59. The van der Waals surface area contributed by atoms with Crippen molar-refractivity contribution in [2.24, 2.45) is 7.05 Å². The van der Waals surface area contributed by atoms with Crippen LogP contribution in [0.15, 0.2) is 35.1 Å². The van der Waals surface area contributed by atoms with E-state index < -0.39 is 0 Å². The number of nitrogens with one attached hydrogen (secondary N) is 2. The predicted octanol–water partition coefficient (Wildman–Crippen LogP) is 1.56. The second kappa shape index (κ2) is 5.69. The number of benzene rings is 1. The highest BCUT2D eigenvalue weighted by Gasteiger charge is 2.04. The van der Waals surface area contributed by atoms with E-state index in [0.717, 1.165) is 36.2 Å². The highest BCUT2D eigenvalue weighted by Crippen LogP contribution is 2.20. The summed E-state index contributed by atoms with van der Waals surface area (Å²) in [5, 5.41) is 7.64. The number of rotatable bonds is 5. The Hall–Kier alpha value is -1.81. The molecule has 0 aliphatic rings. The Kier molecular flexibility index (Phi) is 3.99. The molecule has 0 fully saturated rings. The van der Waals surface area contributed by atoms with E-state index in [1.54, 1.807) is 17.7 Å². The van der Waals surface area contributed by atoms with Crippen LogP contribution in [0.2, 0.25) is 0 Å². The Balaban J connectivity index is 2.32. The number of nitrogens with zero attached hydrogens (tertiary/aromatic N) is 1.